The van der Waals surface area contributed by atoms with Crippen molar-refractivity contribution in [2.75, 3.05) is 45.3 Å². The molecule has 0 unspecified atom stereocenters. The second-order valence-electron chi connectivity index (χ2n) is 9.58. The van der Waals surface area contributed by atoms with Crippen LogP contribution in [0.5, 0.6) is 5.75 Å². The number of hydrogen-bond donors (Lipinski definition) is 1. The molecule has 0 bridgehead atoms. The molecule has 1 N–H and O–H groups in total. The fourth-order valence-electron chi connectivity index (χ4n) is 4.39. The number of nitrogens with one attached hydrogen (secondary N) is 1. The molecular weight excluding hydrogens is 416 g/mol. The quantitative estimate of drug-likeness (QED) is 0.609. The average molecular weight is 451 g/mol. The van der Waals surface area contributed by atoms with Crippen LogP contribution in [-0.4, -0.2) is 60.5 Å². The van der Waals surface area contributed by atoms with Crippen molar-refractivity contribution in [1.29, 1.82) is 0 Å². The Bertz CT molecular complexity index is 1140. The number of ether oxygens (including phenoxy) is 2. The molecule has 0 radical (unpaired) electrons. The number of rotatable bonds is 6. The molecule has 4 rings (SSSR count). The molecule has 7 heteroatoms. The second-order valence-corrected chi connectivity index (χ2v) is 9.58. The highest BCUT2D eigenvalue weighted by atomic mass is 16.5. The summed E-state index contributed by atoms with van der Waals surface area (Å²) in [6.07, 6.45) is 0. The maximum absolute atomic E-state index is 13.5. The molecule has 1 aliphatic rings. The number of nitrogens with zero attached hydrogens (tertiary/aromatic N) is 3. The Morgan fingerprint density at radius 1 is 1.12 bits per heavy atom. The smallest absolute Gasteiger partial charge is 0.276 e. The zero-order chi connectivity index (χ0) is 23.6. The van der Waals surface area contributed by atoms with E-state index in [-0.39, 0.29) is 11.3 Å². The third-order valence-corrected chi connectivity index (χ3v) is 6.22. The Hall–Kier alpha value is -2.90. The number of carbonyl (C=O) groups is 1. The van der Waals surface area contributed by atoms with Crippen LogP contribution in [0, 0.1) is 6.92 Å². The highest BCUT2D eigenvalue weighted by Crippen LogP contribution is 2.33. The van der Waals surface area contributed by atoms with Crippen molar-refractivity contribution >= 4 is 22.5 Å². The first-order chi connectivity index (χ1) is 15.8. The molecule has 2 heterocycles. The summed E-state index contributed by atoms with van der Waals surface area (Å²) in [6.45, 7) is 13.3. The van der Waals surface area contributed by atoms with E-state index in [4.69, 9.17) is 14.6 Å². The minimum atomic E-state index is -0.210. The van der Waals surface area contributed by atoms with Gasteiger partial charge in [0.1, 0.15) is 11.3 Å². The summed E-state index contributed by atoms with van der Waals surface area (Å²) in [5.74, 6) is 0.505. The summed E-state index contributed by atoms with van der Waals surface area (Å²) in [6, 6.07) is 11.9. The van der Waals surface area contributed by atoms with Gasteiger partial charge in [0.05, 0.1) is 26.9 Å². The lowest BCUT2D eigenvalue weighted by molar-refractivity contribution is 0.0361. The standard InChI is InChI=1S/C26H34N4O3/c1-18-8-6-10-20(26(2,3)4)22(18)27-25(31)23-19-9-7-11-21(32-5)24(19)30(28-23)13-12-29-14-16-33-17-15-29/h6-11H,12-17H2,1-5H3,(H,27,31). The normalized spacial score (nSPS) is 15.1. The first kappa shape index (κ1) is 23.3. The van der Waals surface area contributed by atoms with Crippen LogP contribution in [-0.2, 0) is 16.7 Å². The van der Waals surface area contributed by atoms with E-state index in [0.29, 0.717) is 18.0 Å². The summed E-state index contributed by atoms with van der Waals surface area (Å²) in [5, 5.41) is 8.73. The van der Waals surface area contributed by atoms with E-state index >= 15 is 0 Å². The van der Waals surface area contributed by atoms with Crippen molar-refractivity contribution in [3.8, 4) is 5.75 Å². The number of morpholine rings is 1. The summed E-state index contributed by atoms with van der Waals surface area (Å²) < 4.78 is 13.0. The van der Waals surface area contributed by atoms with Crippen LogP contribution in [0.1, 0.15) is 42.4 Å². The molecule has 0 atom stereocenters. The van der Waals surface area contributed by atoms with Gasteiger partial charge in [-0.15, -0.1) is 0 Å². The molecule has 176 valence electrons. The van der Waals surface area contributed by atoms with Crippen molar-refractivity contribution in [3.63, 3.8) is 0 Å². The number of hydrogen-bond acceptors (Lipinski definition) is 5. The number of methoxy groups -OCH3 is 1. The largest absolute Gasteiger partial charge is 0.494 e. The highest BCUT2D eigenvalue weighted by molar-refractivity contribution is 6.12. The fourth-order valence-corrected chi connectivity index (χ4v) is 4.39. The first-order valence-corrected chi connectivity index (χ1v) is 11.5. The number of fused-ring (bicyclic) bond motifs is 1. The maximum atomic E-state index is 13.5. The summed E-state index contributed by atoms with van der Waals surface area (Å²) in [4.78, 5) is 15.9. The van der Waals surface area contributed by atoms with Gasteiger partial charge in [0, 0.05) is 30.7 Å². The van der Waals surface area contributed by atoms with Gasteiger partial charge in [-0.25, -0.2) is 0 Å². The van der Waals surface area contributed by atoms with Crippen LogP contribution in [0.3, 0.4) is 0 Å². The molecule has 1 aromatic heterocycles. The maximum Gasteiger partial charge on any atom is 0.276 e. The molecule has 7 nitrogen and oxygen atoms in total. The van der Waals surface area contributed by atoms with E-state index < -0.39 is 0 Å². The van der Waals surface area contributed by atoms with Gasteiger partial charge in [0.2, 0.25) is 0 Å². The van der Waals surface area contributed by atoms with Gasteiger partial charge in [-0.1, -0.05) is 51.1 Å². The lowest BCUT2D eigenvalue weighted by Crippen LogP contribution is -2.38. The van der Waals surface area contributed by atoms with E-state index in [9.17, 15) is 4.79 Å². The van der Waals surface area contributed by atoms with Gasteiger partial charge >= 0.3 is 0 Å². The second kappa shape index (κ2) is 9.53. The molecule has 2 aromatic carbocycles. The van der Waals surface area contributed by atoms with Gasteiger partial charge in [0.15, 0.2) is 5.69 Å². The number of aryl methyl sites for hydroxylation is 1. The number of benzene rings is 2. The molecule has 33 heavy (non-hydrogen) atoms. The summed E-state index contributed by atoms with van der Waals surface area (Å²) >= 11 is 0. The average Bonchev–Trinajstić information content (AvgIpc) is 3.18. The number of aromatic nitrogens is 2. The molecule has 1 amide bonds. The number of para-hydroxylation sites is 2. The number of carbonyl (C=O) groups excluding carboxylic acids is 1. The SMILES string of the molecule is COc1cccc2c(C(=O)Nc3c(C)cccc3C(C)(C)C)nn(CCN3CCOCC3)c12. The van der Waals surface area contributed by atoms with E-state index in [1.54, 1.807) is 7.11 Å². The van der Waals surface area contributed by atoms with Crippen molar-refractivity contribution in [2.24, 2.45) is 0 Å². The zero-order valence-electron chi connectivity index (χ0n) is 20.3. The monoisotopic (exact) mass is 450 g/mol. The van der Waals surface area contributed by atoms with Crippen molar-refractivity contribution < 1.29 is 14.3 Å². The molecule has 0 saturated carbocycles. The van der Waals surface area contributed by atoms with E-state index in [1.807, 2.05) is 41.9 Å². The minimum Gasteiger partial charge on any atom is -0.494 e. The van der Waals surface area contributed by atoms with E-state index in [2.05, 4.69) is 37.1 Å². The molecule has 1 fully saturated rings. The highest BCUT2D eigenvalue weighted by Gasteiger charge is 2.24. The third-order valence-electron chi connectivity index (χ3n) is 6.22. The van der Waals surface area contributed by atoms with Crippen LogP contribution >= 0.6 is 0 Å². The Balaban J connectivity index is 1.69. The Labute approximate surface area is 195 Å². The summed E-state index contributed by atoms with van der Waals surface area (Å²) in [7, 11) is 1.65. The van der Waals surface area contributed by atoms with Gasteiger partial charge in [-0.3, -0.25) is 14.4 Å². The van der Waals surface area contributed by atoms with Gasteiger partial charge in [-0.2, -0.15) is 5.10 Å². The van der Waals surface area contributed by atoms with Gasteiger partial charge in [-0.05, 0) is 29.5 Å². The molecule has 0 spiro atoms. The van der Waals surface area contributed by atoms with E-state index in [1.165, 1.54) is 0 Å². The van der Waals surface area contributed by atoms with Crippen LogP contribution in [0.2, 0.25) is 0 Å². The van der Waals surface area contributed by atoms with Crippen LogP contribution in [0.15, 0.2) is 36.4 Å². The topological polar surface area (TPSA) is 68.6 Å². The van der Waals surface area contributed by atoms with Crippen molar-refractivity contribution in [1.82, 2.24) is 14.7 Å². The van der Waals surface area contributed by atoms with Crippen molar-refractivity contribution in [3.05, 3.63) is 53.2 Å². The molecule has 0 aliphatic carbocycles. The van der Waals surface area contributed by atoms with Crippen LogP contribution < -0.4 is 10.1 Å². The Kier molecular flexibility index (Phi) is 6.72. The van der Waals surface area contributed by atoms with Crippen LogP contribution in [0.25, 0.3) is 10.9 Å². The number of anilines is 1. The zero-order valence-corrected chi connectivity index (χ0v) is 20.3. The molecule has 1 aliphatic heterocycles. The lowest BCUT2D eigenvalue weighted by atomic mass is 9.84. The first-order valence-electron chi connectivity index (χ1n) is 11.5. The fraction of sp³-hybridized carbons (Fsp3) is 0.462. The Morgan fingerprint density at radius 3 is 2.55 bits per heavy atom. The molecular formula is C26H34N4O3. The predicted molar refractivity (Wildman–Crippen MR) is 131 cm³/mol. The van der Waals surface area contributed by atoms with E-state index in [0.717, 1.165) is 60.6 Å². The molecule has 3 aromatic rings. The van der Waals surface area contributed by atoms with Gasteiger partial charge < -0.3 is 14.8 Å². The lowest BCUT2D eigenvalue weighted by Gasteiger charge is -2.26. The van der Waals surface area contributed by atoms with Crippen LogP contribution in [0.4, 0.5) is 5.69 Å². The minimum absolute atomic E-state index is 0.0998. The molecule has 1 saturated heterocycles. The Morgan fingerprint density at radius 2 is 1.85 bits per heavy atom. The van der Waals surface area contributed by atoms with Crippen molar-refractivity contribution in [2.45, 2.75) is 39.7 Å². The predicted octanol–water partition coefficient (Wildman–Crippen LogP) is 4.24. The number of amides is 1. The van der Waals surface area contributed by atoms with Gasteiger partial charge in [0.25, 0.3) is 5.91 Å². The third kappa shape index (κ3) is 4.89. The summed E-state index contributed by atoms with van der Waals surface area (Å²) in [5.41, 5.74) is 4.15.